The molecule has 0 fully saturated rings. The minimum Gasteiger partial charge on any atom is -0.491 e. The molecular formula is C23H22F3N3O3. The summed E-state index contributed by atoms with van der Waals surface area (Å²) in [5.74, 6) is -0.788. The highest BCUT2D eigenvalue weighted by Gasteiger charge is 2.34. The average Bonchev–Trinajstić information content (AvgIpc) is 2.72. The molecule has 0 bridgehead atoms. The van der Waals surface area contributed by atoms with Crippen molar-refractivity contribution in [3.05, 3.63) is 87.3 Å². The number of benzene rings is 2. The standard InChI is InChI=1S/C23H22F3N3O3/c1-14(2)32-18-10-9-16(19(12-18)23(24,25)26)13-27-22(31)21-20(30)11-15(3)29(28-21)17-7-5-4-6-8-17/h4-12,14H,13H2,1-3H3,(H,27,31). The molecular weight excluding hydrogens is 423 g/mol. The molecule has 1 amide bonds. The van der Waals surface area contributed by atoms with Crippen LogP contribution >= 0.6 is 0 Å². The molecule has 1 aromatic heterocycles. The van der Waals surface area contributed by atoms with Crippen molar-refractivity contribution in [2.75, 3.05) is 0 Å². The summed E-state index contributed by atoms with van der Waals surface area (Å²) in [5, 5.41) is 6.49. The number of amides is 1. The van der Waals surface area contributed by atoms with E-state index in [0.717, 1.165) is 6.07 Å². The van der Waals surface area contributed by atoms with Crippen LogP contribution in [0.25, 0.3) is 5.69 Å². The molecule has 1 heterocycles. The predicted octanol–water partition coefficient (Wildman–Crippen LogP) is 4.28. The second kappa shape index (κ2) is 9.25. The summed E-state index contributed by atoms with van der Waals surface area (Å²) < 4.78 is 47.4. The molecule has 0 aliphatic rings. The van der Waals surface area contributed by atoms with E-state index in [1.165, 1.54) is 22.9 Å². The molecule has 0 radical (unpaired) electrons. The van der Waals surface area contributed by atoms with Crippen molar-refractivity contribution in [1.29, 1.82) is 0 Å². The number of para-hydroxylation sites is 1. The molecule has 32 heavy (non-hydrogen) atoms. The highest BCUT2D eigenvalue weighted by molar-refractivity contribution is 5.92. The zero-order chi connectivity index (χ0) is 23.5. The van der Waals surface area contributed by atoms with Crippen molar-refractivity contribution in [3.8, 4) is 11.4 Å². The first-order chi connectivity index (χ1) is 15.1. The maximum atomic E-state index is 13.5. The zero-order valence-corrected chi connectivity index (χ0v) is 17.7. The van der Waals surface area contributed by atoms with Gasteiger partial charge in [0.2, 0.25) is 5.43 Å². The van der Waals surface area contributed by atoms with Crippen molar-refractivity contribution in [2.24, 2.45) is 0 Å². The molecule has 1 N–H and O–H groups in total. The van der Waals surface area contributed by atoms with Crippen LogP contribution in [0.4, 0.5) is 13.2 Å². The first-order valence-electron chi connectivity index (χ1n) is 9.87. The summed E-state index contributed by atoms with van der Waals surface area (Å²) in [6, 6.07) is 13.7. The minimum absolute atomic E-state index is 0.0772. The number of aromatic nitrogens is 2. The predicted molar refractivity (Wildman–Crippen MR) is 113 cm³/mol. The van der Waals surface area contributed by atoms with Crippen molar-refractivity contribution < 1.29 is 22.7 Å². The van der Waals surface area contributed by atoms with Gasteiger partial charge < -0.3 is 10.1 Å². The highest BCUT2D eigenvalue weighted by atomic mass is 19.4. The maximum absolute atomic E-state index is 13.5. The topological polar surface area (TPSA) is 73.2 Å². The van der Waals surface area contributed by atoms with Crippen molar-refractivity contribution >= 4 is 5.91 Å². The number of nitrogens with zero attached hydrogens (tertiary/aromatic N) is 2. The number of hydrogen-bond donors (Lipinski definition) is 1. The Morgan fingerprint density at radius 3 is 2.44 bits per heavy atom. The Morgan fingerprint density at radius 1 is 1.12 bits per heavy atom. The summed E-state index contributed by atoms with van der Waals surface area (Å²) in [6.07, 6.45) is -4.93. The Balaban J connectivity index is 1.87. The number of carbonyl (C=O) groups is 1. The third-order valence-corrected chi connectivity index (χ3v) is 4.52. The summed E-state index contributed by atoms with van der Waals surface area (Å²) >= 11 is 0. The van der Waals surface area contributed by atoms with E-state index in [-0.39, 0.29) is 17.4 Å². The molecule has 0 aliphatic heterocycles. The SMILES string of the molecule is Cc1cc(=O)c(C(=O)NCc2ccc(OC(C)C)cc2C(F)(F)F)nn1-c1ccccc1. The summed E-state index contributed by atoms with van der Waals surface area (Å²) in [6.45, 7) is 4.64. The van der Waals surface area contributed by atoms with Gasteiger partial charge in [0.1, 0.15) is 5.75 Å². The van der Waals surface area contributed by atoms with Crippen LogP contribution < -0.4 is 15.5 Å². The van der Waals surface area contributed by atoms with Crippen LogP contribution in [0.2, 0.25) is 0 Å². The molecule has 9 heteroatoms. The lowest BCUT2D eigenvalue weighted by molar-refractivity contribution is -0.138. The zero-order valence-electron chi connectivity index (χ0n) is 17.7. The normalized spacial score (nSPS) is 11.5. The van der Waals surface area contributed by atoms with Crippen LogP contribution in [0, 0.1) is 6.92 Å². The van der Waals surface area contributed by atoms with Crippen LogP contribution in [0.3, 0.4) is 0 Å². The Hall–Kier alpha value is -3.62. The van der Waals surface area contributed by atoms with Crippen LogP contribution in [-0.4, -0.2) is 21.8 Å². The van der Waals surface area contributed by atoms with E-state index in [2.05, 4.69) is 10.4 Å². The Kier molecular flexibility index (Phi) is 6.67. The van der Waals surface area contributed by atoms with Gasteiger partial charge >= 0.3 is 6.18 Å². The Labute approximate surface area is 182 Å². The number of halogens is 3. The maximum Gasteiger partial charge on any atom is 0.416 e. The van der Waals surface area contributed by atoms with E-state index in [1.54, 1.807) is 45.0 Å². The third-order valence-electron chi connectivity index (χ3n) is 4.52. The molecule has 2 aromatic carbocycles. The van der Waals surface area contributed by atoms with E-state index in [1.807, 2.05) is 6.07 Å². The van der Waals surface area contributed by atoms with E-state index in [4.69, 9.17) is 4.74 Å². The Bertz CT molecular complexity index is 1170. The largest absolute Gasteiger partial charge is 0.491 e. The number of nitrogens with one attached hydrogen (secondary N) is 1. The fraction of sp³-hybridized carbons (Fsp3) is 0.261. The van der Waals surface area contributed by atoms with Gasteiger partial charge in [0.15, 0.2) is 5.69 Å². The van der Waals surface area contributed by atoms with E-state index in [0.29, 0.717) is 11.4 Å². The number of rotatable bonds is 6. The van der Waals surface area contributed by atoms with Crippen LogP contribution in [0.1, 0.15) is 41.2 Å². The summed E-state index contributed by atoms with van der Waals surface area (Å²) in [7, 11) is 0. The molecule has 3 rings (SSSR count). The van der Waals surface area contributed by atoms with Gasteiger partial charge in [-0.1, -0.05) is 24.3 Å². The van der Waals surface area contributed by atoms with Gasteiger partial charge in [0.05, 0.1) is 17.4 Å². The van der Waals surface area contributed by atoms with Crippen molar-refractivity contribution in [1.82, 2.24) is 15.1 Å². The van der Waals surface area contributed by atoms with Gasteiger partial charge in [-0.25, -0.2) is 4.68 Å². The number of carbonyl (C=O) groups excluding carboxylic acids is 1. The quantitative estimate of drug-likeness (QED) is 0.615. The lowest BCUT2D eigenvalue weighted by atomic mass is 10.1. The second-order valence-electron chi connectivity index (χ2n) is 7.41. The number of ether oxygens (including phenoxy) is 1. The van der Waals surface area contributed by atoms with Crippen LogP contribution in [0.15, 0.2) is 59.4 Å². The average molecular weight is 445 g/mol. The lowest BCUT2D eigenvalue weighted by Crippen LogP contribution is -2.32. The van der Waals surface area contributed by atoms with E-state index < -0.39 is 35.3 Å². The molecule has 168 valence electrons. The first kappa shape index (κ1) is 23.1. The van der Waals surface area contributed by atoms with Gasteiger partial charge in [-0.3, -0.25) is 9.59 Å². The minimum atomic E-state index is -4.64. The fourth-order valence-electron chi connectivity index (χ4n) is 3.11. The van der Waals surface area contributed by atoms with E-state index >= 15 is 0 Å². The lowest BCUT2D eigenvalue weighted by Gasteiger charge is -2.17. The summed E-state index contributed by atoms with van der Waals surface area (Å²) in [4.78, 5) is 24.9. The molecule has 0 saturated heterocycles. The molecule has 0 aliphatic carbocycles. The second-order valence-corrected chi connectivity index (χ2v) is 7.41. The van der Waals surface area contributed by atoms with Crippen molar-refractivity contribution in [2.45, 2.75) is 39.6 Å². The van der Waals surface area contributed by atoms with Gasteiger partial charge in [0.25, 0.3) is 5.91 Å². The van der Waals surface area contributed by atoms with E-state index in [9.17, 15) is 22.8 Å². The molecule has 6 nitrogen and oxygen atoms in total. The van der Waals surface area contributed by atoms with Gasteiger partial charge in [-0.2, -0.15) is 18.3 Å². The number of alkyl halides is 3. The summed E-state index contributed by atoms with van der Waals surface area (Å²) in [5.41, 5.74) is -0.958. The molecule has 0 spiro atoms. The highest BCUT2D eigenvalue weighted by Crippen LogP contribution is 2.34. The van der Waals surface area contributed by atoms with Crippen molar-refractivity contribution in [3.63, 3.8) is 0 Å². The van der Waals surface area contributed by atoms with Crippen LogP contribution in [0.5, 0.6) is 5.75 Å². The fourth-order valence-corrected chi connectivity index (χ4v) is 3.11. The van der Waals surface area contributed by atoms with Gasteiger partial charge in [-0.05, 0) is 50.6 Å². The number of aryl methyl sites for hydroxylation is 1. The number of hydrogen-bond acceptors (Lipinski definition) is 4. The monoisotopic (exact) mass is 445 g/mol. The molecule has 0 unspecified atom stereocenters. The van der Waals surface area contributed by atoms with Gasteiger partial charge in [-0.15, -0.1) is 0 Å². The first-order valence-corrected chi connectivity index (χ1v) is 9.87. The van der Waals surface area contributed by atoms with Gasteiger partial charge in [0, 0.05) is 18.3 Å². The molecule has 3 aromatic rings. The Morgan fingerprint density at radius 2 is 1.81 bits per heavy atom. The third kappa shape index (κ3) is 5.35. The van der Waals surface area contributed by atoms with Crippen LogP contribution in [-0.2, 0) is 12.7 Å². The molecule has 0 saturated carbocycles. The molecule has 0 atom stereocenters. The smallest absolute Gasteiger partial charge is 0.416 e.